The number of hydrogen-bond donors (Lipinski definition) is 3. The summed E-state index contributed by atoms with van der Waals surface area (Å²) in [5.41, 5.74) is 0.137. The quantitative estimate of drug-likeness (QED) is 0.544. The Balaban J connectivity index is 1.47. The Bertz CT molecular complexity index is 924. The molecule has 10 nitrogen and oxygen atoms in total. The summed E-state index contributed by atoms with van der Waals surface area (Å²) < 4.78 is 5.56. The minimum absolute atomic E-state index is 0.0272. The fraction of sp³-hybridized carbons (Fsp3) is 0.450. The first-order valence-electron chi connectivity index (χ1n) is 9.93. The van der Waals surface area contributed by atoms with Crippen molar-refractivity contribution in [2.45, 2.75) is 37.8 Å². The number of benzene rings is 1. The zero-order chi connectivity index (χ0) is 21.3. The van der Waals surface area contributed by atoms with Crippen molar-refractivity contribution in [3.05, 3.63) is 29.3 Å². The predicted octanol–water partition coefficient (Wildman–Crippen LogP) is -0.665. The zero-order valence-corrected chi connectivity index (χ0v) is 16.2. The van der Waals surface area contributed by atoms with Crippen molar-refractivity contribution in [3.63, 3.8) is 0 Å². The number of rotatable bonds is 5. The SMILES string of the molecule is O=C1CCC(N2C(=O)c3cccc(OCC(=O)N[C@H]4CCCNC4)c3C2=O)C(=O)N1. The molecule has 10 heteroatoms. The van der Waals surface area contributed by atoms with E-state index in [1.54, 1.807) is 6.07 Å². The molecule has 158 valence electrons. The van der Waals surface area contributed by atoms with Gasteiger partial charge in [0.25, 0.3) is 17.7 Å². The maximum absolute atomic E-state index is 13.0. The van der Waals surface area contributed by atoms with Crippen LogP contribution in [0.2, 0.25) is 0 Å². The number of nitrogens with zero attached hydrogens (tertiary/aromatic N) is 1. The average molecular weight is 414 g/mol. The molecular weight excluding hydrogens is 392 g/mol. The topological polar surface area (TPSA) is 134 Å². The van der Waals surface area contributed by atoms with Gasteiger partial charge in [0.1, 0.15) is 11.8 Å². The van der Waals surface area contributed by atoms with Gasteiger partial charge in [-0.15, -0.1) is 0 Å². The molecule has 1 aromatic carbocycles. The van der Waals surface area contributed by atoms with Crippen molar-refractivity contribution < 1.29 is 28.7 Å². The molecule has 5 amide bonds. The smallest absolute Gasteiger partial charge is 0.266 e. The molecule has 0 bridgehead atoms. The van der Waals surface area contributed by atoms with Crippen LogP contribution in [0.1, 0.15) is 46.4 Å². The van der Waals surface area contributed by atoms with Crippen LogP contribution in [0.4, 0.5) is 0 Å². The van der Waals surface area contributed by atoms with E-state index in [0.717, 1.165) is 24.3 Å². The highest BCUT2D eigenvalue weighted by Crippen LogP contribution is 2.33. The molecule has 4 rings (SSSR count). The molecule has 0 aromatic heterocycles. The second-order valence-electron chi connectivity index (χ2n) is 7.53. The predicted molar refractivity (Wildman–Crippen MR) is 103 cm³/mol. The highest BCUT2D eigenvalue weighted by atomic mass is 16.5. The van der Waals surface area contributed by atoms with Crippen molar-refractivity contribution in [1.29, 1.82) is 0 Å². The molecule has 3 aliphatic rings. The molecule has 1 aromatic rings. The average Bonchev–Trinajstić information content (AvgIpc) is 2.98. The van der Waals surface area contributed by atoms with Gasteiger partial charge in [-0.2, -0.15) is 0 Å². The minimum atomic E-state index is -1.05. The van der Waals surface area contributed by atoms with Crippen molar-refractivity contribution >= 4 is 29.5 Å². The third-order valence-electron chi connectivity index (χ3n) is 5.45. The monoisotopic (exact) mass is 414 g/mol. The maximum atomic E-state index is 13.0. The van der Waals surface area contributed by atoms with Gasteiger partial charge < -0.3 is 15.4 Å². The van der Waals surface area contributed by atoms with Crippen LogP contribution in [0.3, 0.4) is 0 Å². The van der Waals surface area contributed by atoms with E-state index in [0.29, 0.717) is 6.54 Å². The minimum Gasteiger partial charge on any atom is -0.483 e. The molecule has 0 aliphatic carbocycles. The first-order chi connectivity index (χ1) is 14.5. The van der Waals surface area contributed by atoms with Crippen LogP contribution >= 0.6 is 0 Å². The van der Waals surface area contributed by atoms with E-state index in [1.807, 2.05) is 0 Å². The Morgan fingerprint density at radius 3 is 2.73 bits per heavy atom. The van der Waals surface area contributed by atoms with Crippen molar-refractivity contribution in [3.8, 4) is 5.75 Å². The summed E-state index contributed by atoms with van der Waals surface area (Å²) >= 11 is 0. The zero-order valence-electron chi connectivity index (χ0n) is 16.2. The summed E-state index contributed by atoms with van der Waals surface area (Å²) in [6.07, 6.45) is 1.98. The van der Waals surface area contributed by atoms with Gasteiger partial charge in [0.15, 0.2) is 6.61 Å². The first kappa shape index (κ1) is 20.0. The Morgan fingerprint density at radius 2 is 2.00 bits per heavy atom. The number of carbonyl (C=O) groups excluding carboxylic acids is 5. The molecule has 3 aliphatic heterocycles. The van der Waals surface area contributed by atoms with Gasteiger partial charge in [-0.3, -0.25) is 34.2 Å². The molecule has 3 N–H and O–H groups in total. The Morgan fingerprint density at radius 1 is 1.17 bits per heavy atom. The molecule has 3 heterocycles. The summed E-state index contributed by atoms with van der Waals surface area (Å²) in [4.78, 5) is 62.4. The van der Waals surface area contributed by atoms with Gasteiger partial charge in [0.2, 0.25) is 11.8 Å². The maximum Gasteiger partial charge on any atom is 0.266 e. The summed E-state index contributed by atoms with van der Waals surface area (Å²) in [6.45, 7) is 1.33. The van der Waals surface area contributed by atoms with E-state index in [1.165, 1.54) is 12.1 Å². The van der Waals surface area contributed by atoms with Crippen molar-refractivity contribution in [2.75, 3.05) is 19.7 Å². The van der Waals surface area contributed by atoms with Gasteiger partial charge in [0.05, 0.1) is 11.1 Å². The van der Waals surface area contributed by atoms with E-state index < -0.39 is 29.7 Å². The number of ether oxygens (including phenoxy) is 1. The lowest BCUT2D eigenvalue weighted by molar-refractivity contribution is -0.136. The summed E-state index contributed by atoms with van der Waals surface area (Å²) in [5, 5.41) is 8.23. The second kappa shape index (κ2) is 8.23. The molecule has 30 heavy (non-hydrogen) atoms. The van der Waals surface area contributed by atoms with Crippen LogP contribution in [0.5, 0.6) is 5.75 Å². The summed E-state index contributed by atoms with van der Waals surface area (Å²) in [7, 11) is 0. The number of nitrogens with one attached hydrogen (secondary N) is 3. The van der Waals surface area contributed by atoms with Gasteiger partial charge in [-0.25, -0.2) is 0 Å². The molecule has 2 fully saturated rings. The number of fused-ring (bicyclic) bond motifs is 1. The number of imide groups is 2. The highest BCUT2D eigenvalue weighted by Gasteiger charge is 2.46. The molecule has 0 radical (unpaired) electrons. The summed E-state index contributed by atoms with van der Waals surface area (Å²) in [5.74, 6) is -2.61. The Labute approximate surface area is 172 Å². The molecule has 2 atom stereocenters. The lowest BCUT2D eigenvalue weighted by atomic mass is 10.0. The van der Waals surface area contributed by atoms with Crippen LogP contribution in [0.15, 0.2) is 18.2 Å². The number of piperidine rings is 2. The Hall–Kier alpha value is -3.27. The van der Waals surface area contributed by atoms with E-state index in [9.17, 15) is 24.0 Å². The van der Waals surface area contributed by atoms with Gasteiger partial charge in [-0.05, 0) is 37.9 Å². The lowest BCUT2D eigenvalue weighted by Crippen LogP contribution is -2.54. The molecule has 1 unspecified atom stereocenters. The van der Waals surface area contributed by atoms with Gasteiger partial charge in [-0.1, -0.05) is 6.07 Å². The highest BCUT2D eigenvalue weighted by molar-refractivity contribution is 6.24. The lowest BCUT2D eigenvalue weighted by Gasteiger charge is -2.27. The molecular formula is C20H22N4O6. The largest absolute Gasteiger partial charge is 0.483 e. The number of amides is 5. The van der Waals surface area contributed by atoms with E-state index >= 15 is 0 Å². The van der Waals surface area contributed by atoms with Crippen molar-refractivity contribution in [2.24, 2.45) is 0 Å². The Kier molecular flexibility index (Phi) is 5.49. The first-order valence-corrected chi connectivity index (χ1v) is 9.93. The van der Waals surface area contributed by atoms with Crippen LogP contribution in [0.25, 0.3) is 0 Å². The fourth-order valence-electron chi connectivity index (χ4n) is 3.99. The van der Waals surface area contributed by atoms with Gasteiger partial charge in [0, 0.05) is 19.0 Å². The fourth-order valence-corrected chi connectivity index (χ4v) is 3.99. The third kappa shape index (κ3) is 3.78. The van der Waals surface area contributed by atoms with Crippen LogP contribution < -0.4 is 20.7 Å². The van der Waals surface area contributed by atoms with Crippen LogP contribution in [-0.2, 0) is 14.4 Å². The van der Waals surface area contributed by atoms with Crippen molar-refractivity contribution in [1.82, 2.24) is 20.9 Å². The number of hydrogen-bond acceptors (Lipinski definition) is 7. The summed E-state index contributed by atoms with van der Waals surface area (Å²) in [6, 6.07) is 3.51. The van der Waals surface area contributed by atoms with E-state index in [4.69, 9.17) is 4.74 Å². The van der Waals surface area contributed by atoms with Gasteiger partial charge >= 0.3 is 0 Å². The normalized spacial score (nSPS) is 23.8. The number of carbonyl (C=O) groups is 5. The molecule has 0 spiro atoms. The van der Waals surface area contributed by atoms with Crippen LogP contribution in [0, 0.1) is 0 Å². The molecule has 2 saturated heterocycles. The standard InChI is InChI=1S/C20H22N4O6/c25-15-7-6-13(18(27)23-15)24-19(28)12-4-1-5-14(17(12)20(24)29)30-10-16(26)22-11-3-2-8-21-9-11/h1,4-5,11,13,21H,2-3,6-10H2,(H,22,26)(H,23,25,27)/t11-,13?/m0/s1. The second-order valence-corrected chi connectivity index (χ2v) is 7.53. The molecule has 0 saturated carbocycles. The third-order valence-corrected chi connectivity index (χ3v) is 5.45. The van der Waals surface area contributed by atoms with E-state index in [-0.39, 0.29) is 48.3 Å². The van der Waals surface area contributed by atoms with Crippen LogP contribution in [-0.4, -0.2) is 66.2 Å². The van der Waals surface area contributed by atoms with E-state index in [2.05, 4.69) is 16.0 Å².